The molecule has 1 saturated carbocycles. The summed E-state index contributed by atoms with van der Waals surface area (Å²) >= 11 is 0. The first kappa shape index (κ1) is 37.1. The second-order valence-corrected chi connectivity index (χ2v) is 17.2. The predicted molar refractivity (Wildman–Crippen MR) is 209 cm³/mol. The zero-order valence-corrected chi connectivity index (χ0v) is 32.3. The van der Waals surface area contributed by atoms with Crippen molar-refractivity contribution in [1.29, 1.82) is 0 Å². The number of carbonyl (C=O) groups is 2. The summed E-state index contributed by atoms with van der Waals surface area (Å²) in [4.78, 5) is 45.6. The first-order valence-corrected chi connectivity index (χ1v) is 19.6. The van der Waals surface area contributed by atoms with Crippen molar-refractivity contribution in [1.82, 2.24) is 24.8 Å². The number of nitrogens with one attached hydrogen (secondary N) is 1. The lowest BCUT2D eigenvalue weighted by Crippen LogP contribution is -2.64. The second-order valence-electron chi connectivity index (χ2n) is 17.2. The fraction of sp³-hybridized carbons (Fsp3) is 0.500. The molecule has 1 aliphatic carbocycles. The van der Waals surface area contributed by atoms with E-state index in [1.54, 1.807) is 45.0 Å². The fourth-order valence-corrected chi connectivity index (χ4v) is 9.33. The van der Waals surface area contributed by atoms with Crippen LogP contribution in [-0.4, -0.2) is 111 Å². The topological polar surface area (TPSA) is 142 Å². The van der Waals surface area contributed by atoms with Crippen LogP contribution in [0, 0.1) is 23.6 Å². The van der Waals surface area contributed by atoms with Crippen molar-refractivity contribution in [3.63, 3.8) is 0 Å². The number of anilines is 2. The lowest BCUT2D eigenvalue weighted by Gasteiger charge is -2.47. The van der Waals surface area contributed by atoms with Crippen LogP contribution < -0.4 is 19.7 Å². The van der Waals surface area contributed by atoms with E-state index in [0.717, 1.165) is 12.8 Å². The van der Waals surface area contributed by atoms with Gasteiger partial charge < -0.3 is 24.2 Å². The van der Waals surface area contributed by atoms with E-state index in [0.29, 0.717) is 73.3 Å². The Labute approximate surface area is 328 Å². The lowest BCUT2D eigenvalue weighted by atomic mass is 9.95. The van der Waals surface area contributed by atoms with E-state index < -0.39 is 48.0 Å². The Kier molecular flexibility index (Phi) is 8.84. The number of fused-ring (bicyclic) bond motifs is 6. The quantitative estimate of drug-likeness (QED) is 0.187. The minimum absolute atomic E-state index is 0.0357. The molecule has 57 heavy (non-hydrogen) atoms. The number of carbonyl (C=O) groups excluding carboxylic acids is 1. The van der Waals surface area contributed by atoms with Gasteiger partial charge in [0.1, 0.15) is 40.3 Å². The largest absolute Gasteiger partial charge is 0.472 e. The van der Waals surface area contributed by atoms with Gasteiger partial charge in [-0.05, 0) is 83.4 Å². The Morgan fingerprint density at radius 3 is 2.63 bits per heavy atom. The smallest absolute Gasteiger partial charge is 0.412 e. The number of hydrogen-bond acceptors (Lipinski definition) is 10. The average molecular weight is 782 g/mol. The van der Waals surface area contributed by atoms with Crippen LogP contribution in [-0.2, 0) is 4.74 Å². The summed E-state index contributed by atoms with van der Waals surface area (Å²) in [7, 11) is 0. The third-order valence-electron chi connectivity index (χ3n) is 12.0. The SMILES string of the molecule is C#Cc1cccc2cc(NC(=O)OC(C)(C)C)cc(-c3nc4c5c(nc(OCC6(CN7CC[C@@H](F)C7)CC6)nc5c3F)N3CC5CCC(C3C(C)O4)N5C(=O)O)c12. The molecular formula is C42H45F2N7O6. The number of terminal acetylenes is 1. The van der Waals surface area contributed by atoms with Gasteiger partial charge in [0.25, 0.3) is 0 Å². The van der Waals surface area contributed by atoms with Gasteiger partial charge in [0, 0.05) is 53.8 Å². The molecule has 2 bridgehead atoms. The molecule has 6 heterocycles. The molecule has 5 atom stereocenters. The van der Waals surface area contributed by atoms with Crippen molar-refractivity contribution in [2.45, 2.75) is 95.8 Å². The van der Waals surface area contributed by atoms with Crippen molar-refractivity contribution in [2.75, 3.05) is 43.0 Å². The molecular weight excluding hydrogens is 737 g/mol. The van der Waals surface area contributed by atoms with Crippen LogP contribution in [0.3, 0.4) is 0 Å². The molecule has 15 heteroatoms. The number of rotatable bonds is 7. The molecule has 2 N–H and O–H groups in total. The normalized spacial score (nSPS) is 24.8. The fourth-order valence-electron chi connectivity index (χ4n) is 9.33. The molecule has 9 rings (SSSR count). The monoisotopic (exact) mass is 781 g/mol. The van der Waals surface area contributed by atoms with Crippen LogP contribution >= 0.6 is 0 Å². The maximum Gasteiger partial charge on any atom is 0.412 e. The van der Waals surface area contributed by atoms with E-state index in [4.69, 9.17) is 35.6 Å². The molecule has 2 aromatic carbocycles. The van der Waals surface area contributed by atoms with E-state index in [-0.39, 0.29) is 52.1 Å². The Morgan fingerprint density at radius 2 is 1.93 bits per heavy atom. The maximum absolute atomic E-state index is 17.6. The summed E-state index contributed by atoms with van der Waals surface area (Å²) in [5, 5.41) is 14.4. The van der Waals surface area contributed by atoms with Crippen LogP contribution in [0.2, 0.25) is 0 Å². The number of alkyl halides is 1. The van der Waals surface area contributed by atoms with Gasteiger partial charge in [-0.15, -0.1) is 6.42 Å². The van der Waals surface area contributed by atoms with Crippen molar-refractivity contribution < 1.29 is 37.7 Å². The minimum Gasteiger partial charge on any atom is -0.472 e. The van der Waals surface area contributed by atoms with E-state index in [2.05, 4.69) is 16.1 Å². The number of hydrogen-bond donors (Lipinski definition) is 2. The highest BCUT2D eigenvalue weighted by Crippen LogP contribution is 2.49. The van der Waals surface area contributed by atoms with Crippen molar-refractivity contribution in [3.05, 3.63) is 41.7 Å². The van der Waals surface area contributed by atoms with Gasteiger partial charge in [-0.3, -0.25) is 15.1 Å². The number of pyridine rings is 1. The molecule has 0 radical (unpaired) electrons. The number of piperazine rings is 1. The van der Waals surface area contributed by atoms with Gasteiger partial charge >= 0.3 is 18.2 Å². The van der Waals surface area contributed by atoms with Gasteiger partial charge in [-0.2, -0.15) is 9.97 Å². The van der Waals surface area contributed by atoms with Gasteiger partial charge in [0.15, 0.2) is 5.82 Å². The molecule has 4 aromatic rings. The minimum atomic E-state index is -0.998. The first-order valence-electron chi connectivity index (χ1n) is 19.6. The molecule has 13 nitrogen and oxygen atoms in total. The van der Waals surface area contributed by atoms with Crippen LogP contribution in [0.25, 0.3) is 32.9 Å². The summed E-state index contributed by atoms with van der Waals surface area (Å²) in [6.45, 7) is 9.48. The highest BCUT2D eigenvalue weighted by Gasteiger charge is 2.53. The lowest BCUT2D eigenvalue weighted by molar-refractivity contribution is 0.0634. The molecule has 4 fully saturated rings. The van der Waals surface area contributed by atoms with Crippen molar-refractivity contribution in [2.24, 2.45) is 5.41 Å². The zero-order chi connectivity index (χ0) is 40.0. The third-order valence-corrected chi connectivity index (χ3v) is 12.0. The highest BCUT2D eigenvalue weighted by atomic mass is 19.1. The Balaban J connectivity index is 1.20. The number of benzene rings is 2. The molecule has 298 valence electrons. The molecule has 3 saturated heterocycles. The summed E-state index contributed by atoms with van der Waals surface area (Å²) in [5.74, 6) is 2.37. The van der Waals surface area contributed by atoms with Gasteiger partial charge in [-0.1, -0.05) is 18.1 Å². The summed E-state index contributed by atoms with van der Waals surface area (Å²) in [5.41, 5.74) is -0.0778. The van der Waals surface area contributed by atoms with Gasteiger partial charge in [-0.25, -0.2) is 23.4 Å². The predicted octanol–water partition coefficient (Wildman–Crippen LogP) is 7.00. The zero-order valence-electron chi connectivity index (χ0n) is 32.3. The number of likely N-dealkylation sites (tertiary alicyclic amines) is 1. The Morgan fingerprint density at radius 1 is 1.12 bits per heavy atom. The first-order chi connectivity index (χ1) is 27.2. The number of carboxylic acid groups (broad SMARTS) is 1. The molecule has 4 aliphatic heterocycles. The van der Waals surface area contributed by atoms with E-state index in [1.807, 2.05) is 17.9 Å². The van der Waals surface area contributed by atoms with E-state index in [1.165, 1.54) is 4.90 Å². The maximum atomic E-state index is 17.6. The Bertz CT molecular complexity index is 2360. The van der Waals surface area contributed by atoms with E-state index in [9.17, 15) is 19.1 Å². The number of halogens is 2. The molecule has 0 spiro atoms. The second kappa shape index (κ2) is 13.6. The number of amides is 2. The summed E-state index contributed by atoms with van der Waals surface area (Å²) in [6, 6.07) is 7.45. The third kappa shape index (κ3) is 6.67. The standard InChI is InChI=1S/C42H45F2N7O6/c1-6-23-8-7-9-24-16-26(45-39(52)57-41(3,4)5)17-28(30(23)24)33-32(44)34-31-36(48-38(47-34)55-21-42(13-14-42)20-49-15-12-25(43)18-49)50-19-27-10-11-29(51(27)40(53)54)35(50)22(2)56-37(31)46-33/h1,7-9,16-17,22,25,27,29,35H,10-15,18-21H2,2-5H3,(H,45,52)(H,53,54)/t22?,25-,27?,29?,35?/m1/s1. The highest BCUT2D eigenvalue weighted by molar-refractivity contribution is 6.06. The molecule has 2 aromatic heterocycles. The van der Waals surface area contributed by atoms with Gasteiger partial charge in [0.2, 0.25) is 5.88 Å². The van der Waals surface area contributed by atoms with Crippen LogP contribution in [0.1, 0.15) is 65.4 Å². The molecule has 5 aliphatic rings. The van der Waals surface area contributed by atoms with Crippen LogP contribution in [0.4, 0.5) is 29.9 Å². The van der Waals surface area contributed by atoms with Crippen molar-refractivity contribution in [3.8, 4) is 35.5 Å². The summed E-state index contributed by atoms with van der Waals surface area (Å²) in [6.07, 6.45) is 6.49. The molecule has 2 amide bonds. The average Bonchev–Trinajstić information content (AvgIpc) is 3.71. The Hall–Kier alpha value is -5.49. The van der Waals surface area contributed by atoms with Crippen LogP contribution in [0.15, 0.2) is 30.3 Å². The number of ether oxygens (including phenoxy) is 3. The van der Waals surface area contributed by atoms with Crippen molar-refractivity contribution >= 4 is 45.4 Å². The summed E-state index contributed by atoms with van der Waals surface area (Å²) < 4.78 is 50.2. The number of nitrogens with zero attached hydrogens (tertiary/aromatic N) is 6. The molecule has 4 unspecified atom stereocenters. The van der Waals surface area contributed by atoms with E-state index >= 15 is 4.39 Å². The van der Waals surface area contributed by atoms with Gasteiger partial charge in [0.05, 0.1) is 24.7 Å². The van der Waals surface area contributed by atoms with Crippen LogP contribution in [0.5, 0.6) is 11.9 Å². The number of aromatic nitrogens is 3.